The molecule has 1 aliphatic rings. The van der Waals surface area contributed by atoms with Crippen molar-refractivity contribution in [1.82, 2.24) is 15.5 Å². The second-order valence-corrected chi connectivity index (χ2v) is 8.07. The number of likely N-dealkylation sites (tertiary alicyclic amines) is 1. The minimum Gasteiger partial charge on any atom is -0.356 e. The van der Waals surface area contributed by atoms with Crippen molar-refractivity contribution in [2.75, 3.05) is 46.0 Å². The molecular formula is C16H34N4S. The van der Waals surface area contributed by atoms with E-state index in [0.29, 0.717) is 0 Å². The Hall–Kier alpha value is -0.420. The van der Waals surface area contributed by atoms with Crippen molar-refractivity contribution in [1.29, 1.82) is 0 Å². The number of aliphatic imine (C=N–C) groups is 1. The largest absolute Gasteiger partial charge is 0.356 e. The number of thioether (sulfide) groups is 1. The molecule has 0 bridgehead atoms. The van der Waals surface area contributed by atoms with E-state index in [2.05, 4.69) is 47.6 Å². The Bertz CT molecular complexity index is 309. The Kier molecular flexibility index (Phi) is 8.49. The van der Waals surface area contributed by atoms with Gasteiger partial charge < -0.3 is 15.5 Å². The van der Waals surface area contributed by atoms with Crippen LogP contribution in [-0.4, -0.2) is 61.6 Å². The van der Waals surface area contributed by atoms with Crippen molar-refractivity contribution in [3.8, 4) is 0 Å². The predicted molar refractivity (Wildman–Crippen MR) is 96.4 cm³/mol. The fourth-order valence-electron chi connectivity index (χ4n) is 2.56. The lowest BCUT2D eigenvalue weighted by atomic mass is 9.97. The molecule has 0 aromatic rings. The maximum atomic E-state index is 4.33. The van der Waals surface area contributed by atoms with E-state index in [-0.39, 0.29) is 4.75 Å². The Morgan fingerprint density at radius 1 is 1.29 bits per heavy atom. The van der Waals surface area contributed by atoms with Gasteiger partial charge in [0.05, 0.1) is 0 Å². The molecule has 0 unspecified atom stereocenters. The summed E-state index contributed by atoms with van der Waals surface area (Å²) in [4.78, 5) is 6.92. The molecule has 1 saturated heterocycles. The lowest BCUT2D eigenvalue weighted by molar-refractivity contribution is 0.185. The summed E-state index contributed by atoms with van der Waals surface area (Å²) in [5.41, 5.74) is 0. The maximum absolute atomic E-state index is 4.33. The summed E-state index contributed by atoms with van der Waals surface area (Å²) in [5.74, 6) is 1.72. The molecule has 0 aromatic heterocycles. The SMILES string of the molecule is CCCN1CCC(CNC(=NC)NCC(C)(C)SC)CC1. The van der Waals surface area contributed by atoms with E-state index in [4.69, 9.17) is 0 Å². The lowest BCUT2D eigenvalue weighted by Crippen LogP contribution is -2.46. The van der Waals surface area contributed by atoms with Gasteiger partial charge >= 0.3 is 0 Å². The van der Waals surface area contributed by atoms with Crippen LogP contribution in [0.15, 0.2) is 4.99 Å². The molecule has 0 aromatic carbocycles. The zero-order chi connectivity index (χ0) is 15.7. The van der Waals surface area contributed by atoms with Crippen LogP contribution in [0.2, 0.25) is 0 Å². The van der Waals surface area contributed by atoms with Crippen LogP contribution >= 0.6 is 11.8 Å². The van der Waals surface area contributed by atoms with Gasteiger partial charge in [0.2, 0.25) is 0 Å². The number of hydrogen-bond donors (Lipinski definition) is 2. The molecule has 4 nitrogen and oxygen atoms in total. The predicted octanol–water partition coefficient (Wildman–Crippen LogP) is 2.42. The van der Waals surface area contributed by atoms with Crippen LogP contribution in [0.3, 0.4) is 0 Å². The van der Waals surface area contributed by atoms with Crippen molar-refractivity contribution in [2.24, 2.45) is 10.9 Å². The van der Waals surface area contributed by atoms with Gasteiger partial charge in [-0.3, -0.25) is 4.99 Å². The van der Waals surface area contributed by atoms with Gasteiger partial charge in [-0.05, 0) is 64.9 Å². The summed E-state index contributed by atoms with van der Waals surface area (Å²) in [6.07, 6.45) is 6.03. The first kappa shape index (κ1) is 18.6. The second kappa shape index (κ2) is 9.57. The molecule has 2 N–H and O–H groups in total. The summed E-state index contributed by atoms with van der Waals surface area (Å²) in [6, 6.07) is 0. The van der Waals surface area contributed by atoms with Gasteiger partial charge in [0.25, 0.3) is 0 Å². The molecule has 124 valence electrons. The van der Waals surface area contributed by atoms with Crippen molar-refractivity contribution in [2.45, 2.75) is 44.8 Å². The van der Waals surface area contributed by atoms with Crippen molar-refractivity contribution in [3.63, 3.8) is 0 Å². The number of hydrogen-bond acceptors (Lipinski definition) is 3. The number of piperidine rings is 1. The van der Waals surface area contributed by atoms with Gasteiger partial charge in [-0.1, -0.05) is 6.92 Å². The monoisotopic (exact) mass is 314 g/mol. The van der Waals surface area contributed by atoms with Crippen LogP contribution in [0, 0.1) is 5.92 Å². The topological polar surface area (TPSA) is 39.7 Å². The Morgan fingerprint density at radius 2 is 1.95 bits per heavy atom. The first-order valence-corrected chi connectivity index (χ1v) is 9.45. The summed E-state index contributed by atoms with van der Waals surface area (Å²) in [7, 11) is 1.85. The molecular weight excluding hydrogens is 280 g/mol. The van der Waals surface area contributed by atoms with Gasteiger partial charge in [-0.25, -0.2) is 0 Å². The number of guanidine groups is 1. The summed E-state index contributed by atoms with van der Waals surface area (Å²) in [5, 5.41) is 6.93. The maximum Gasteiger partial charge on any atom is 0.191 e. The van der Waals surface area contributed by atoms with Gasteiger partial charge in [-0.15, -0.1) is 0 Å². The molecule has 0 saturated carbocycles. The van der Waals surface area contributed by atoms with Crippen LogP contribution in [-0.2, 0) is 0 Å². The average Bonchev–Trinajstić information content (AvgIpc) is 2.49. The van der Waals surface area contributed by atoms with Crippen LogP contribution in [0.5, 0.6) is 0 Å². The first-order chi connectivity index (χ1) is 10.0. The van der Waals surface area contributed by atoms with Crippen molar-refractivity contribution >= 4 is 17.7 Å². The molecule has 1 heterocycles. The molecule has 21 heavy (non-hydrogen) atoms. The highest BCUT2D eigenvalue weighted by molar-refractivity contribution is 7.99. The Morgan fingerprint density at radius 3 is 2.48 bits per heavy atom. The van der Waals surface area contributed by atoms with Gasteiger partial charge in [0.15, 0.2) is 5.96 Å². The van der Waals surface area contributed by atoms with Gasteiger partial charge in [0, 0.05) is 24.9 Å². The molecule has 1 fully saturated rings. The van der Waals surface area contributed by atoms with Crippen molar-refractivity contribution < 1.29 is 0 Å². The van der Waals surface area contributed by atoms with E-state index in [0.717, 1.165) is 25.0 Å². The Labute approximate surface area is 135 Å². The van der Waals surface area contributed by atoms with E-state index < -0.39 is 0 Å². The molecule has 1 aliphatic heterocycles. The minimum absolute atomic E-state index is 0.239. The third kappa shape index (κ3) is 7.41. The van der Waals surface area contributed by atoms with E-state index in [1.54, 1.807) is 0 Å². The van der Waals surface area contributed by atoms with Crippen LogP contribution in [0.4, 0.5) is 0 Å². The summed E-state index contributed by atoms with van der Waals surface area (Å²) >= 11 is 1.88. The quantitative estimate of drug-likeness (QED) is 0.559. The molecule has 1 rings (SSSR count). The highest BCUT2D eigenvalue weighted by Crippen LogP contribution is 2.19. The molecule has 0 radical (unpaired) electrons. The van der Waals surface area contributed by atoms with E-state index in [1.807, 2.05) is 18.8 Å². The fraction of sp³-hybridized carbons (Fsp3) is 0.938. The second-order valence-electron chi connectivity index (χ2n) is 6.56. The normalized spacial score (nSPS) is 18.8. The average molecular weight is 315 g/mol. The fourth-order valence-corrected chi connectivity index (χ4v) is 2.78. The molecule has 0 atom stereocenters. The number of rotatable bonds is 7. The van der Waals surface area contributed by atoms with E-state index in [1.165, 1.54) is 38.9 Å². The molecule has 0 spiro atoms. The number of nitrogens with zero attached hydrogens (tertiary/aromatic N) is 2. The minimum atomic E-state index is 0.239. The van der Waals surface area contributed by atoms with Crippen LogP contribution < -0.4 is 10.6 Å². The smallest absolute Gasteiger partial charge is 0.191 e. The lowest BCUT2D eigenvalue weighted by Gasteiger charge is -2.32. The molecule has 5 heteroatoms. The van der Waals surface area contributed by atoms with E-state index in [9.17, 15) is 0 Å². The summed E-state index contributed by atoms with van der Waals surface area (Å²) < 4.78 is 0.239. The highest BCUT2D eigenvalue weighted by Gasteiger charge is 2.19. The van der Waals surface area contributed by atoms with Crippen LogP contribution in [0.1, 0.15) is 40.0 Å². The van der Waals surface area contributed by atoms with Gasteiger partial charge in [0.1, 0.15) is 0 Å². The highest BCUT2D eigenvalue weighted by atomic mass is 32.2. The third-order valence-corrected chi connectivity index (χ3v) is 5.51. The molecule has 0 amide bonds. The van der Waals surface area contributed by atoms with Crippen LogP contribution in [0.25, 0.3) is 0 Å². The summed E-state index contributed by atoms with van der Waals surface area (Å²) in [6.45, 7) is 12.5. The molecule has 0 aliphatic carbocycles. The van der Waals surface area contributed by atoms with Crippen molar-refractivity contribution in [3.05, 3.63) is 0 Å². The van der Waals surface area contributed by atoms with Gasteiger partial charge in [-0.2, -0.15) is 11.8 Å². The number of nitrogens with one attached hydrogen (secondary N) is 2. The zero-order valence-electron chi connectivity index (χ0n) is 14.5. The third-order valence-electron chi connectivity index (χ3n) is 4.26. The standard InChI is InChI=1S/C16H34N4S/c1-6-9-20-10-7-14(8-11-20)12-18-15(17-4)19-13-16(2,3)21-5/h14H,6-13H2,1-5H3,(H2,17,18,19). The Balaban J connectivity index is 2.24. The van der Waals surface area contributed by atoms with E-state index >= 15 is 0 Å². The first-order valence-electron chi connectivity index (χ1n) is 8.22. The zero-order valence-corrected chi connectivity index (χ0v) is 15.4.